The molecule has 2 saturated heterocycles. The Balaban J connectivity index is 2.06. The van der Waals surface area contributed by atoms with Crippen LogP contribution in [0.5, 0.6) is 0 Å². The summed E-state index contributed by atoms with van der Waals surface area (Å²) >= 11 is 0. The van der Waals surface area contributed by atoms with E-state index in [4.69, 9.17) is 24.1 Å². The Morgan fingerprint density at radius 2 is 1.85 bits per heavy atom. The molecule has 2 aliphatic rings. The maximum absolute atomic E-state index is 10.5. The van der Waals surface area contributed by atoms with Crippen LogP contribution in [0, 0.1) is 0 Å². The molecule has 0 aromatic heterocycles. The van der Waals surface area contributed by atoms with Crippen LogP contribution in [0.2, 0.25) is 0 Å². The summed E-state index contributed by atoms with van der Waals surface area (Å²) in [6, 6.07) is 0. The predicted molar refractivity (Wildman–Crippen MR) is 71.0 cm³/mol. The minimum absolute atomic E-state index is 0.0842. The van der Waals surface area contributed by atoms with Crippen molar-refractivity contribution in [1.82, 2.24) is 0 Å². The van der Waals surface area contributed by atoms with E-state index in [1.807, 2.05) is 0 Å². The summed E-state index contributed by atoms with van der Waals surface area (Å²) in [5.41, 5.74) is 0. The van der Waals surface area contributed by atoms with E-state index in [0.29, 0.717) is 6.61 Å². The normalized spacial score (nSPS) is 37.6. The van der Waals surface area contributed by atoms with Gasteiger partial charge in [0.25, 0.3) is 0 Å². The molecule has 0 unspecified atom stereocenters. The van der Waals surface area contributed by atoms with Crippen molar-refractivity contribution in [3.05, 3.63) is 12.2 Å². The van der Waals surface area contributed by atoms with Crippen molar-refractivity contribution in [2.24, 2.45) is 0 Å². The highest BCUT2D eigenvalue weighted by Gasteiger charge is 2.48. The number of hydrogen-bond donors (Lipinski definition) is 2. The SMILES string of the molecule is CC1(C)O[C@H]([C@@H](O)[C@H]2COC(C)(C)O2)[C@H](/C=C/CO)O1. The Hall–Kier alpha value is -0.500. The quantitative estimate of drug-likeness (QED) is 0.736. The summed E-state index contributed by atoms with van der Waals surface area (Å²) in [5.74, 6) is -1.48. The summed E-state index contributed by atoms with van der Waals surface area (Å²) in [4.78, 5) is 0. The van der Waals surface area contributed by atoms with Crippen molar-refractivity contribution in [3.8, 4) is 0 Å². The van der Waals surface area contributed by atoms with Crippen LogP contribution in [-0.2, 0) is 18.9 Å². The van der Waals surface area contributed by atoms with Gasteiger partial charge in [-0.2, -0.15) is 0 Å². The van der Waals surface area contributed by atoms with Gasteiger partial charge < -0.3 is 29.2 Å². The van der Waals surface area contributed by atoms with Crippen molar-refractivity contribution in [2.75, 3.05) is 13.2 Å². The zero-order valence-electron chi connectivity index (χ0n) is 12.4. The van der Waals surface area contributed by atoms with Crippen LogP contribution in [0.3, 0.4) is 0 Å². The standard InChI is InChI=1S/C14H24O6/c1-13(2)17-8-10(19-13)11(16)12-9(6-5-7-15)18-14(3,4)20-12/h5-6,9-12,15-16H,7-8H2,1-4H3/b6-5+/t9-,10+,11-,12-/m0/s1. The number of aliphatic hydroxyl groups is 2. The lowest BCUT2D eigenvalue weighted by molar-refractivity contribution is -0.178. The first-order valence-electron chi connectivity index (χ1n) is 6.87. The molecule has 0 aromatic rings. The number of rotatable bonds is 4. The number of hydrogen-bond acceptors (Lipinski definition) is 6. The molecule has 0 radical (unpaired) electrons. The van der Waals surface area contributed by atoms with E-state index in [9.17, 15) is 5.11 Å². The molecule has 0 aliphatic carbocycles. The lowest BCUT2D eigenvalue weighted by Gasteiger charge is -2.26. The largest absolute Gasteiger partial charge is 0.392 e. The van der Waals surface area contributed by atoms with Crippen LogP contribution in [0.1, 0.15) is 27.7 Å². The van der Waals surface area contributed by atoms with Crippen LogP contribution in [0.15, 0.2) is 12.2 Å². The van der Waals surface area contributed by atoms with E-state index < -0.39 is 36.0 Å². The third kappa shape index (κ3) is 3.58. The zero-order chi connectivity index (χ0) is 15.0. The minimum Gasteiger partial charge on any atom is -0.392 e. The first-order valence-corrected chi connectivity index (χ1v) is 6.87. The monoisotopic (exact) mass is 288 g/mol. The molecule has 0 bridgehead atoms. The van der Waals surface area contributed by atoms with E-state index in [0.717, 1.165) is 0 Å². The fourth-order valence-corrected chi connectivity index (χ4v) is 2.52. The van der Waals surface area contributed by atoms with Crippen molar-refractivity contribution < 1.29 is 29.2 Å². The molecular formula is C14H24O6. The van der Waals surface area contributed by atoms with Gasteiger partial charge >= 0.3 is 0 Å². The topological polar surface area (TPSA) is 77.4 Å². The average Bonchev–Trinajstić information content (AvgIpc) is 2.85. The van der Waals surface area contributed by atoms with Crippen molar-refractivity contribution >= 4 is 0 Å². The molecule has 2 rings (SSSR count). The minimum atomic E-state index is -0.869. The van der Waals surface area contributed by atoms with Gasteiger partial charge in [0.05, 0.1) is 13.2 Å². The Morgan fingerprint density at radius 3 is 2.40 bits per heavy atom. The first-order chi connectivity index (χ1) is 9.24. The summed E-state index contributed by atoms with van der Waals surface area (Å²) in [6.45, 7) is 7.41. The van der Waals surface area contributed by atoms with E-state index >= 15 is 0 Å². The molecule has 0 saturated carbocycles. The van der Waals surface area contributed by atoms with E-state index in [1.165, 1.54) is 0 Å². The molecule has 4 atom stereocenters. The van der Waals surface area contributed by atoms with Crippen molar-refractivity contribution in [1.29, 1.82) is 0 Å². The van der Waals surface area contributed by atoms with Crippen LogP contribution in [0.4, 0.5) is 0 Å². The maximum atomic E-state index is 10.5. The Kier molecular flexibility index (Phi) is 4.53. The van der Waals surface area contributed by atoms with Crippen LogP contribution < -0.4 is 0 Å². The van der Waals surface area contributed by atoms with E-state index in [1.54, 1.807) is 39.8 Å². The summed E-state index contributed by atoms with van der Waals surface area (Å²) in [7, 11) is 0. The molecular weight excluding hydrogens is 264 g/mol. The molecule has 2 N–H and O–H groups in total. The van der Waals surface area contributed by atoms with Gasteiger partial charge in [0, 0.05) is 0 Å². The van der Waals surface area contributed by atoms with Crippen LogP contribution in [-0.4, -0.2) is 59.4 Å². The average molecular weight is 288 g/mol. The van der Waals surface area contributed by atoms with Crippen molar-refractivity contribution in [2.45, 2.75) is 63.7 Å². The first kappa shape index (κ1) is 15.9. The molecule has 0 amide bonds. The molecule has 2 fully saturated rings. The molecule has 0 spiro atoms. The van der Waals surface area contributed by atoms with E-state index in [2.05, 4.69) is 0 Å². The Morgan fingerprint density at radius 1 is 1.15 bits per heavy atom. The second-order valence-corrected chi connectivity index (χ2v) is 6.03. The summed E-state index contributed by atoms with van der Waals surface area (Å²) < 4.78 is 22.6. The lowest BCUT2D eigenvalue weighted by Crippen LogP contribution is -2.44. The zero-order valence-corrected chi connectivity index (χ0v) is 12.4. The van der Waals surface area contributed by atoms with Crippen LogP contribution in [0.25, 0.3) is 0 Å². The lowest BCUT2D eigenvalue weighted by atomic mass is 10.0. The molecule has 20 heavy (non-hydrogen) atoms. The van der Waals surface area contributed by atoms with Gasteiger partial charge in [0.1, 0.15) is 24.4 Å². The van der Waals surface area contributed by atoms with Crippen LogP contribution >= 0.6 is 0 Å². The van der Waals surface area contributed by atoms with Gasteiger partial charge in [-0.3, -0.25) is 0 Å². The highest BCUT2D eigenvalue weighted by atomic mass is 16.8. The molecule has 2 aliphatic heterocycles. The van der Waals surface area contributed by atoms with Gasteiger partial charge in [0.15, 0.2) is 11.6 Å². The highest BCUT2D eigenvalue weighted by Crippen LogP contribution is 2.34. The van der Waals surface area contributed by atoms with E-state index in [-0.39, 0.29) is 6.61 Å². The summed E-state index contributed by atoms with van der Waals surface area (Å²) in [6.07, 6.45) is 0.952. The molecule has 116 valence electrons. The number of aliphatic hydroxyl groups excluding tert-OH is 2. The third-order valence-corrected chi connectivity index (χ3v) is 3.34. The second kappa shape index (κ2) is 5.71. The molecule has 2 heterocycles. The van der Waals surface area contributed by atoms with Gasteiger partial charge in [-0.05, 0) is 27.7 Å². The molecule has 6 heteroatoms. The van der Waals surface area contributed by atoms with Gasteiger partial charge in [-0.25, -0.2) is 0 Å². The molecule has 6 nitrogen and oxygen atoms in total. The predicted octanol–water partition coefficient (Wildman–Crippen LogP) is 0.567. The fourth-order valence-electron chi connectivity index (χ4n) is 2.52. The Bertz CT molecular complexity index is 365. The summed E-state index contributed by atoms with van der Waals surface area (Å²) in [5, 5.41) is 19.3. The fraction of sp³-hybridized carbons (Fsp3) is 0.857. The number of ether oxygens (including phenoxy) is 4. The smallest absolute Gasteiger partial charge is 0.164 e. The Labute approximate surface area is 119 Å². The highest BCUT2D eigenvalue weighted by molar-refractivity contribution is 5.02. The van der Waals surface area contributed by atoms with Gasteiger partial charge in [-0.15, -0.1) is 0 Å². The third-order valence-electron chi connectivity index (χ3n) is 3.34. The maximum Gasteiger partial charge on any atom is 0.164 e. The van der Waals surface area contributed by atoms with Crippen molar-refractivity contribution in [3.63, 3.8) is 0 Å². The van der Waals surface area contributed by atoms with Gasteiger partial charge in [-0.1, -0.05) is 12.2 Å². The van der Waals surface area contributed by atoms with Gasteiger partial charge in [0.2, 0.25) is 0 Å². The molecule has 0 aromatic carbocycles. The second-order valence-electron chi connectivity index (χ2n) is 6.03.